The van der Waals surface area contributed by atoms with Crippen molar-refractivity contribution in [1.82, 2.24) is 10.0 Å². The first-order valence-corrected chi connectivity index (χ1v) is 4.86. The standard InChI is InChI=1S/C8H16N4/c1-2-6-11(5-1)9-10-12-7-3-4-8-12/h1-8H2/b10-9+. The average Bonchev–Trinajstić information content (AvgIpc) is 2.74. The molecule has 2 rings (SSSR count). The van der Waals surface area contributed by atoms with Gasteiger partial charge in [-0.3, -0.25) is 10.0 Å². The Morgan fingerprint density at radius 1 is 0.583 bits per heavy atom. The minimum atomic E-state index is 1.09. The van der Waals surface area contributed by atoms with Crippen LogP contribution >= 0.6 is 0 Å². The first kappa shape index (κ1) is 7.83. The van der Waals surface area contributed by atoms with Gasteiger partial charge in [0, 0.05) is 26.2 Å². The van der Waals surface area contributed by atoms with Crippen molar-refractivity contribution in [3.05, 3.63) is 0 Å². The maximum atomic E-state index is 4.19. The molecule has 4 heteroatoms. The molecule has 0 saturated carbocycles. The largest absolute Gasteiger partial charge is 0.277 e. The second-order valence-electron chi connectivity index (χ2n) is 3.50. The molecule has 0 spiro atoms. The fourth-order valence-corrected chi connectivity index (χ4v) is 1.69. The maximum absolute atomic E-state index is 4.19. The van der Waals surface area contributed by atoms with E-state index in [2.05, 4.69) is 20.5 Å². The molecule has 2 heterocycles. The van der Waals surface area contributed by atoms with Gasteiger partial charge < -0.3 is 0 Å². The van der Waals surface area contributed by atoms with Crippen LogP contribution in [0, 0.1) is 0 Å². The Morgan fingerprint density at radius 3 is 1.25 bits per heavy atom. The third kappa shape index (κ3) is 1.87. The molecule has 0 radical (unpaired) electrons. The van der Waals surface area contributed by atoms with Crippen molar-refractivity contribution in [2.45, 2.75) is 25.7 Å². The highest BCUT2D eigenvalue weighted by molar-refractivity contribution is 4.62. The molecule has 0 aromatic heterocycles. The monoisotopic (exact) mass is 168 g/mol. The molecule has 12 heavy (non-hydrogen) atoms. The summed E-state index contributed by atoms with van der Waals surface area (Å²) in [6.45, 7) is 4.38. The van der Waals surface area contributed by atoms with Gasteiger partial charge in [0.15, 0.2) is 0 Å². The van der Waals surface area contributed by atoms with Crippen LogP contribution in [0.2, 0.25) is 0 Å². The Morgan fingerprint density at radius 2 is 0.917 bits per heavy atom. The minimum absolute atomic E-state index is 1.09. The van der Waals surface area contributed by atoms with Crippen LogP contribution in [0.4, 0.5) is 0 Å². The topological polar surface area (TPSA) is 31.2 Å². The number of hydrogen-bond donors (Lipinski definition) is 0. The first-order valence-electron chi connectivity index (χ1n) is 4.86. The van der Waals surface area contributed by atoms with Gasteiger partial charge in [-0.2, -0.15) is 0 Å². The lowest BCUT2D eigenvalue weighted by Gasteiger charge is -2.11. The van der Waals surface area contributed by atoms with E-state index in [9.17, 15) is 0 Å². The smallest absolute Gasteiger partial charge is 0.0378 e. The minimum Gasteiger partial charge on any atom is -0.277 e. The van der Waals surface area contributed by atoms with Gasteiger partial charge in [-0.15, -0.1) is 0 Å². The molecule has 2 saturated heterocycles. The van der Waals surface area contributed by atoms with Crippen LogP contribution in [-0.2, 0) is 0 Å². The molecule has 0 aliphatic carbocycles. The van der Waals surface area contributed by atoms with E-state index in [1.54, 1.807) is 0 Å². The van der Waals surface area contributed by atoms with Crippen LogP contribution in [0.3, 0.4) is 0 Å². The van der Waals surface area contributed by atoms with Crippen molar-refractivity contribution in [1.29, 1.82) is 0 Å². The van der Waals surface area contributed by atoms with Gasteiger partial charge in [0.2, 0.25) is 0 Å². The highest BCUT2D eigenvalue weighted by atomic mass is 15.7. The summed E-state index contributed by atoms with van der Waals surface area (Å²) >= 11 is 0. The van der Waals surface area contributed by atoms with Gasteiger partial charge in [0.25, 0.3) is 0 Å². The molecule has 68 valence electrons. The summed E-state index contributed by atoms with van der Waals surface area (Å²) in [6, 6.07) is 0. The van der Waals surface area contributed by atoms with Crippen molar-refractivity contribution >= 4 is 0 Å². The highest BCUT2D eigenvalue weighted by Gasteiger charge is 2.11. The Kier molecular flexibility index (Phi) is 2.44. The van der Waals surface area contributed by atoms with Gasteiger partial charge in [-0.25, -0.2) is 0 Å². The quantitative estimate of drug-likeness (QED) is 0.584. The summed E-state index contributed by atoms with van der Waals surface area (Å²) in [5.74, 6) is 0. The summed E-state index contributed by atoms with van der Waals surface area (Å²) in [5, 5.41) is 12.5. The average molecular weight is 168 g/mol. The zero-order valence-electron chi connectivity index (χ0n) is 7.45. The van der Waals surface area contributed by atoms with Crippen molar-refractivity contribution in [3.63, 3.8) is 0 Å². The van der Waals surface area contributed by atoms with Gasteiger partial charge >= 0.3 is 0 Å². The molecular weight excluding hydrogens is 152 g/mol. The third-order valence-electron chi connectivity index (χ3n) is 2.46. The van der Waals surface area contributed by atoms with Crippen LogP contribution < -0.4 is 0 Å². The van der Waals surface area contributed by atoms with E-state index in [4.69, 9.17) is 0 Å². The Labute approximate surface area is 73.2 Å². The van der Waals surface area contributed by atoms with Crippen molar-refractivity contribution in [3.8, 4) is 0 Å². The molecule has 4 nitrogen and oxygen atoms in total. The zero-order chi connectivity index (χ0) is 8.23. The Hall–Kier alpha value is -0.800. The predicted molar refractivity (Wildman–Crippen MR) is 46.5 cm³/mol. The molecule has 2 aliphatic rings. The molecule has 0 unspecified atom stereocenters. The maximum Gasteiger partial charge on any atom is 0.0378 e. The summed E-state index contributed by atoms with van der Waals surface area (Å²) in [5.41, 5.74) is 0. The molecule has 0 N–H and O–H groups in total. The molecule has 0 atom stereocenters. The normalized spacial score (nSPS) is 24.7. The molecule has 2 aliphatic heterocycles. The number of hydrogen-bond acceptors (Lipinski definition) is 2. The van der Waals surface area contributed by atoms with Crippen molar-refractivity contribution in [2.75, 3.05) is 26.2 Å². The summed E-state index contributed by atoms with van der Waals surface area (Å²) in [6.07, 6.45) is 5.11. The van der Waals surface area contributed by atoms with Crippen molar-refractivity contribution in [2.24, 2.45) is 10.4 Å². The predicted octanol–water partition coefficient (Wildman–Crippen LogP) is 1.46. The van der Waals surface area contributed by atoms with Crippen LogP contribution in [-0.4, -0.2) is 36.2 Å². The van der Waals surface area contributed by atoms with E-state index in [0.29, 0.717) is 0 Å². The summed E-state index contributed by atoms with van der Waals surface area (Å²) in [4.78, 5) is 0. The fraction of sp³-hybridized carbons (Fsp3) is 1.00. The van der Waals surface area contributed by atoms with E-state index in [1.165, 1.54) is 25.7 Å². The Bertz CT molecular complexity index is 138. The van der Waals surface area contributed by atoms with Gasteiger partial charge in [-0.1, -0.05) is 10.4 Å². The van der Waals surface area contributed by atoms with E-state index in [1.807, 2.05) is 0 Å². The molecule has 0 bridgehead atoms. The second kappa shape index (κ2) is 3.74. The zero-order valence-corrected chi connectivity index (χ0v) is 7.45. The lowest BCUT2D eigenvalue weighted by Crippen LogP contribution is -2.15. The van der Waals surface area contributed by atoms with Gasteiger partial charge in [0.05, 0.1) is 0 Å². The Balaban J connectivity index is 1.75. The van der Waals surface area contributed by atoms with Gasteiger partial charge in [-0.05, 0) is 25.7 Å². The van der Waals surface area contributed by atoms with Crippen LogP contribution in [0.5, 0.6) is 0 Å². The highest BCUT2D eigenvalue weighted by Crippen LogP contribution is 2.11. The van der Waals surface area contributed by atoms with Crippen LogP contribution in [0.1, 0.15) is 25.7 Å². The first-order chi connectivity index (χ1) is 5.95. The van der Waals surface area contributed by atoms with Crippen molar-refractivity contribution < 1.29 is 0 Å². The SMILES string of the molecule is C1CCN(/N=N/N2CCCC2)C1. The lowest BCUT2D eigenvalue weighted by molar-refractivity contribution is 0.250. The lowest BCUT2D eigenvalue weighted by atomic mass is 10.4. The van der Waals surface area contributed by atoms with Crippen LogP contribution in [0.15, 0.2) is 10.4 Å². The second-order valence-corrected chi connectivity index (χ2v) is 3.50. The molecule has 0 aromatic carbocycles. The molecule has 2 fully saturated rings. The summed E-state index contributed by atoms with van der Waals surface area (Å²) in [7, 11) is 0. The molecule has 0 aromatic rings. The number of nitrogens with zero attached hydrogens (tertiary/aromatic N) is 4. The third-order valence-corrected chi connectivity index (χ3v) is 2.46. The summed E-state index contributed by atoms with van der Waals surface area (Å²) < 4.78 is 0. The van der Waals surface area contributed by atoms with E-state index in [0.717, 1.165) is 26.2 Å². The number of rotatable bonds is 2. The van der Waals surface area contributed by atoms with Gasteiger partial charge in [0.1, 0.15) is 0 Å². The molecular formula is C8H16N4. The van der Waals surface area contributed by atoms with E-state index in [-0.39, 0.29) is 0 Å². The van der Waals surface area contributed by atoms with E-state index >= 15 is 0 Å². The fourth-order valence-electron chi connectivity index (χ4n) is 1.69. The molecule has 0 amide bonds. The van der Waals surface area contributed by atoms with Crippen LogP contribution in [0.25, 0.3) is 0 Å². The van der Waals surface area contributed by atoms with E-state index < -0.39 is 0 Å².